The average molecular weight is 456 g/mol. The number of rotatable bonds is 6. The monoisotopic (exact) mass is 455 g/mol. The van der Waals surface area contributed by atoms with E-state index in [9.17, 15) is 9.59 Å². The molecule has 0 spiro atoms. The summed E-state index contributed by atoms with van der Waals surface area (Å²) in [6, 6.07) is 8.23. The lowest BCUT2D eigenvalue weighted by molar-refractivity contribution is -0.137. The van der Waals surface area contributed by atoms with Crippen molar-refractivity contribution in [2.45, 2.75) is 45.4 Å². The smallest absolute Gasteiger partial charge is 0.238 e. The lowest BCUT2D eigenvalue weighted by Gasteiger charge is -2.35. The second kappa shape index (κ2) is 11.8. The molecule has 7 nitrogen and oxygen atoms in total. The number of piperazine rings is 1. The fourth-order valence-corrected chi connectivity index (χ4v) is 5.37. The van der Waals surface area contributed by atoms with Crippen LogP contribution in [0.15, 0.2) is 24.3 Å². The molecule has 0 aromatic heterocycles. The number of likely N-dealkylation sites (tertiary alicyclic amines) is 2. The van der Waals surface area contributed by atoms with Gasteiger partial charge in [0.1, 0.15) is 0 Å². The SMILES string of the molecule is CCN1CCN(c2ccc(NC(=O)CN3CCC(C(=O)N4CCCCCC4)CC3)cc2)CC1. The van der Waals surface area contributed by atoms with E-state index in [1.807, 2.05) is 12.1 Å². The highest BCUT2D eigenvalue weighted by Gasteiger charge is 2.29. The first-order valence-corrected chi connectivity index (χ1v) is 13.0. The molecule has 182 valence electrons. The molecule has 7 heteroatoms. The normalized spacial score (nSPS) is 21.6. The maximum absolute atomic E-state index is 12.9. The number of hydrogen-bond donors (Lipinski definition) is 1. The van der Waals surface area contributed by atoms with Crippen molar-refractivity contribution in [3.05, 3.63) is 24.3 Å². The number of anilines is 2. The molecule has 1 N–H and O–H groups in total. The first-order chi connectivity index (χ1) is 16.1. The largest absolute Gasteiger partial charge is 0.369 e. The van der Waals surface area contributed by atoms with Crippen LogP contribution in [0.25, 0.3) is 0 Å². The zero-order chi connectivity index (χ0) is 23.0. The Morgan fingerprint density at radius 3 is 2.06 bits per heavy atom. The summed E-state index contributed by atoms with van der Waals surface area (Å²) in [6.45, 7) is 11.5. The number of carbonyl (C=O) groups excluding carboxylic acids is 2. The highest BCUT2D eigenvalue weighted by Crippen LogP contribution is 2.22. The van der Waals surface area contributed by atoms with Crippen LogP contribution in [0.5, 0.6) is 0 Å². The molecule has 3 aliphatic rings. The van der Waals surface area contributed by atoms with Crippen molar-refractivity contribution in [2.24, 2.45) is 5.92 Å². The molecule has 1 aromatic carbocycles. The van der Waals surface area contributed by atoms with E-state index < -0.39 is 0 Å². The fraction of sp³-hybridized carbons (Fsp3) is 0.692. The minimum Gasteiger partial charge on any atom is -0.369 e. The molecule has 0 aliphatic carbocycles. The third-order valence-corrected chi connectivity index (χ3v) is 7.56. The summed E-state index contributed by atoms with van der Waals surface area (Å²) >= 11 is 0. The Morgan fingerprint density at radius 2 is 1.45 bits per heavy atom. The van der Waals surface area contributed by atoms with Crippen LogP contribution in [0.1, 0.15) is 45.4 Å². The molecular weight excluding hydrogens is 414 g/mol. The van der Waals surface area contributed by atoms with Crippen molar-refractivity contribution in [1.29, 1.82) is 0 Å². The van der Waals surface area contributed by atoms with Gasteiger partial charge >= 0.3 is 0 Å². The molecule has 3 saturated heterocycles. The third kappa shape index (κ3) is 6.70. The summed E-state index contributed by atoms with van der Waals surface area (Å²) in [4.78, 5) is 34.6. The molecule has 3 heterocycles. The number of likely N-dealkylation sites (N-methyl/N-ethyl adjacent to an activating group) is 1. The van der Waals surface area contributed by atoms with E-state index >= 15 is 0 Å². The molecule has 1 aromatic rings. The molecule has 33 heavy (non-hydrogen) atoms. The molecule has 0 radical (unpaired) electrons. The van der Waals surface area contributed by atoms with Gasteiger partial charge in [0, 0.05) is 56.6 Å². The van der Waals surface area contributed by atoms with E-state index in [-0.39, 0.29) is 11.8 Å². The van der Waals surface area contributed by atoms with Crippen LogP contribution in [0, 0.1) is 5.92 Å². The van der Waals surface area contributed by atoms with E-state index in [1.54, 1.807) is 0 Å². The van der Waals surface area contributed by atoms with Crippen LogP contribution in [-0.2, 0) is 9.59 Å². The number of nitrogens with one attached hydrogen (secondary N) is 1. The molecule has 0 saturated carbocycles. The van der Waals surface area contributed by atoms with Gasteiger partial charge in [0.15, 0.2) is 0 Å². The minimum atomic E-state index is 0.0246. The number of piperidine rings is 1. The number of amides is 2. The quantitative estimate of drug-likeness (QED) is 0.715. The number of nitrogens with zero attached hydrogens (tertiary/aromatic N) is 4. The van der Waals surface area contributed by atoms with Crippen molar-refractivity contribution in [3.8, 4) is 0 Å². The number of hydrogen-bond acceptors (Lipinski definition) is 5. The zero-order valence-corrected chi connectivity index (χ0v) is 20.3. The minimum absolute atomic E-state index is 0.0246. The highest BCUT2D eigenvalue weighted by molar-refractivity contribution is 5.92. The molecular formula is C26H41N5O2. The van der Waals surface area contributed by atoms with Crippen LogP contribution in [0.4, 0.5) is 11.4 Å². The Morgan fingerprint density at radius 1 is 0.818 bits per heavy atom. The van der Waals surface area contributed by atoms with Crippen LogP contribution in [-0.4, -0.2) is 92.0 Å². The van der Waals surface area contributed by atoms with Crippen molar-refractivity contribution in [1.82, 2.24) is 14.7 Å². The predicted molar refractivity (Wildman–Crippen MR) is 134 cm³/mol. The van der Waals surface area contributed by atoms with Gasteiger partial charge in [-0.05, 0) is 69.6 Å². The van der Waals surface area contributed by atoms with Gasteiger partial charge in [-0.25, -0.2) is 0 Å². The van der Waals surface area contributed by atoms with Gasteiger partial charge in [-0.2, -0.15) is 0 Å². The second-order valence-electron chi connectivity index (χ2n) is 9.81. The highest BCUT2D eigenvalue weighted by atomic mass is 16.2. The Kier molecular flexibility index (Phi) is 8.62. The first kappa shape index (κ1) is 24.0. The molecule has 3 aliphatic heterocycles. The van der Waals surface area contributed by atoms with E-state index in [4.69, 9.17) is 0 Å². The first-order valence-electron chi connectivity index (χ1n) is 13.0. The fourth-order valence-electron chi connectivity index (χ4n) is 5.37. The van der Waals surface area contributed by atoms with Crippen LogP contribution in [0.2, 0.25) is 0 Å². The van der Waals surface area contributed by atoms with Gasteiger partial charge in [0.05, 0.1) is 6.54 Å². The van der Waals surface area contributed by atoms with Gasteiger partial charge in [-0.15, -0.1) is 0 Å². The summed E-state index contributed by atoms with van der Waals surface area (Å²) in [7, 11) is 0. The maximum Gasteiger partial charge on any atom is 0.238 e. The Bertz CT molecular complexity index is 759. The summed E-state index contributed by atoms with van der Waals surface area (Å²) in [6.07, 6.45) is 6.50. The second-order valence-corrected chi connectivity index (χ2v) is 9.81. The van der Waals surface area contributed by atoms with Crippen molar-refractivity contribution in [2.75, 3.05) is 75.7 Å². The topological polar surface area (TPSA) is 59.1 Å². The van der Waals surface area contributed by atoms with Gasteiger partial charge in [-0.3, -0.25) is 14.5 Å². The van der Waals surface area contributed by atoms with Gasteiger partial charge in [-0.1, -0.05) is 19.8 Å². The van der Waals surface area contributed by atoms with Gasteiger partial charge in [0.25, 0.3) is 0 Å². The van der Waals surface area contributed by atoms with E-state index in [1.165, 1.54) is 18.5 Å². The van der Waals surface area contributed by atoms with E-state index in [2.05, 4.69) is 44.0 Å². The third-order valence-electron chi connectivity index (χ3n) is 7.56. The number of benzene rings is 1. The Hall–Kier alpha value is -2.12. The summed E-state index contributed by atoms with van der Waals surface area (Å²) in [5.74, 6) is 0.503. The Balaban J connectivity index is 1.18. The number of carbonyl (C=O) groups is 2. The van der Waals surface area contributed by atoms with E-state index in [0.29, 0.717) is 12.5 Å². The van der Waals surface area contributed by atoms with Crippen molar-refractivity contribution in [3.63, 3.8) is 0 Å². The van der Waals surface area contributed by atoms with Gasteiger partial charge in [0.2, 0.25) is 11.8 Å². The van der Waals surface area contributed by atoms with Crippen molar-refractivity contribution >= 4 is 23.2 Å². The summed E-state index contributed by atoms with van der Waals surface area (Å²) < 4.78 is 0. The summed E-state index contributed by atoms with van der Waals surface area (Å²) in [5.41, 5.74) is 2.07. The average Bonchev–Trinajstić information content (AvgIpc) is 3.14. The van der Waals surface area contributed by atoms with Crippen LogP contribution < -0.4 is 10.2 Å². The summed E-state index contributed by atoms with van der Waals surface area (Å²) in [5, 5.41) is 3.05. The van der Waals surface area contributed by atoms with Crippen LogP contribution >= 0.6 is 0 Å². The van der Waals surface area contributed by atoms with Crippen LogP contribution in [0.3, 0.4) is 0 Å². The van der Waals surface area contributed by atoms with E-state index in [0.717, 1.165) is 90.3 Å². The van der Waals surface area contributed by atoms with Crippen molar-refractivity contribution < 1.29 is 9.59 Å². The molecule has 3 fully saturated rings. The maximum atomic E-state index is 12.9. The molecule has 0 bridgehead atoms. The lowest BCUT2D eigenvalue weighted by Crippen LogP contribution is -2.46. The molecule has 2 amide bonds. The molecule has 0 unspecified atom stereocenters. The lowest BCUT2D eigenvalue weighted by atomic mass is 9.95. The predicted octanol–water partition coefficient (Wildman–Crippen LogP) is 2.88. The Labute approximate surface area is 199 Å². The zero-order valence-electron chi connectivity index (χ0n) is 20.3. The standard InChI is InChI=1S/C26H41N5O2/c1-2-28-17-19-30(20-18-28)24-9-7-23(8-10-24)27-25(32)21-29-15-11-22(12-16-29)26(33)31-13-5-3-4-6-14-31/h7-10,22H,2-6,11-21H2,1H3,(H,27,32). The molecule has 0 atom stereocenters. The van der Waals surface area contributed by atoms with Gasteiger partial charge < -0.3 is 20.0 Å². The molecule has 4 rings (SSSR count).